The zero-order valence-electron chi connectivity index (χ0n) is 15.9. The van der Waals surface area contributed by atoms with Gasteiger partial charge in [0.25, 0.3) is 0 Å². The predicted octanol–water partition coefficient (Wildman–Crippen LogP) is 4.78. The molecule has 0 aromatic heterocycles. The van der Waals surface area contributed by atoms with E-state index in [1.54, 1.807) is 43.3 Å². The maximum atomic E-state index is 13.2. The van der Waals surface area contributed by atoms with Crippen LogP contribution in [0.3, 0.4) is 0 Å². The van der Waals surface area contributed by atoms with Crippen molar-refractivity contribution < 1.29 is 13.3 Å². The molecule has 1 atom stereocenters. The van der Waals surface area contributed by atoms with Crippen LogP contribution < -0.4 is 0 Å². The molecule has 6 nitrogen and oxygen atoms in total. The minimum atomic E-state index is -3.77. The van der Waals surface area contributed by atoms with Crippen molar-refractivity contribution in [2.75, 3.05) is 19.6 Å². The summed E-state index contributed by atoms with van der Waals surface area (Å²) in [4.78, 5) is 11.2. The lowest BCUT2D eigenvalue weighted by molar-refractivity contribution is -0.493. The summed E-state index contributed by atoms with van der Waals surface area (Å²) in [6.07, 6.45) is 0. The van der Waals surface area contributed by atoms with E-state index in [4.69, 9.17) is 11.6 Å². The monoisotopic (exact) mass is 546 g/mol. The average Bonchev–Trinajstić information content (AvgIpc) is 2.99. The van der Waals surface area contributed by atoms with Crippen molar-refractivity contribution in [1.82, 2.24) is 4.31 Å². The lowest BCUT2D eigenvalue weighted by Gasteiger charge is -2.22. The van der Waals surface area contributed by atoms with E-state index in [9.17, 15) is 18.5 Å². The summed E-state index contributed by atoms with van der Waals surface area (Å²) < 4.78 is 28.5. The van der Waals surface area contributed by atoms with Crippen molar-refractivity contribution in [3.05, 3.63) is 80.4 Å². The van der Waals surface area contributed by atoms with Gasteiger partial charge in [-0.05, 0) is 71.8 Å². The van der Waals surface area contributed by atoms with Crippen LogP contribution in [0.2, 0.25) is 5.02 Å². The Hall–Kier alpha value is -1.49. The van der Waals surface area contributed by atoms with Gasteiger partial charge in [-0.3, -0.25) is 10.1 Å². The van der Waals surface area contributed by atoms with Gasteiger partial charge in [0.1, 0.15) is 0 Å². The van der Waals surface area contributed by atoms with Gasteiger partial charge in [-0.25, -0.2) is 8.42 Å². The van der Waals surface area contributed by atoms with Gasteiger partial charge in [-0.2, -0.15) is 4.31 Å². The molecule has 1 heterocycles. The molecule has 2 aromatic carbocycles. The van der Waals surface area contributed by atoms with Crippen LogP contribution in [0.5, 0.6) is 0 Å². The van der Waals surface area contributed by atoms with Crippen LogP contribution in [0.15, 0.2) is 59.0 Å². The number of hydrogen-bond acceptors (Lipinski definition) is 4. The molecule has 0 amide bonds. The van der Waals surface area contributed by atoms with Crippen LogP contribution in [-0.4, -0.2) is 37.3 Å². The molecule has 3 rings (SSSR count). The molecule has 0 N–H and O–H groups in total. The third-order valence-corrected chi connectivity index (χ3v) is 8.42. The number of sulfonamides is 1. The molecule has 2 aromatic rings. The smallest absolute Gasteiger partial charge is 0.243 e. The highest BCUT2D eigenvalue weighted by molar-refractivity contribution is 14.1. The summed E-state index contributed by atoms with van der Waals surface area (Å²) in [6.45, 7) is 3.46. The molecule has 0 aliphatic carbocycles. The largest absolute Gasteiger partial charge is 0.265 e. The third-order valence-electron chi connectivity index (χ3n) is 5.09. The number of hydrogen-bond donors (Lipinski definition) is 0. The van der Waals surface area contributed by atoms with E-state index in [0.29, 0.717) is 5.02 Å². The lowest BCUT2D eigenvalue weighted by atomic mass is 9.84. The third kappa shape index (κ3) is 4.65. The normalized spacial score (nSPS) is 21.9. The Labute approximate surface area is 188 Å². The summed E-state index contributed by atoms with van der Waals surface area (Å²) in [5.41, 5.74) is 1.65. The van der Waals surface area contributed by atoms with Gasteiger partial charge in [-0.15, -0.1) is 0 Å². The Kier molecular flexibility index (Phi) is 6.38. The molecular formula is C20H20ClIN2O4S. The number of aryl methyl sites for hydroxylation is 1. The predicted molar refractivity (Wildman–Crippen MR) is 122 cm³/mol. The maximum Gasteiger partial charge on any atom is 0.243 e. The van der Waals surface area contributed by atoms with E-state index in [2.05, 4.69) is 22.6 Å². The van der Waals surface area contributed by atoms with Gasteiger partial charge < -0.3 is 0 Å². The van der Waals surface area contributed by atoms with E-state index in [-0.39, 0.29) is 29.5 Å². The Morgan fingerprint density at radius 3 is 2.34 bits per heavy atom. The Balaban J connectivity index is 2.06. The van der Waals surface area contributed by atoms with Gasteiger partial charge in [0, 0.05) is 26.6 Å². The number of benzene rings is 2. The SMILES string of the molecule is Cc1ccc(S(=O)(=O)N2C/C(=C(\I)c3ccc(Cl)cc3)[C@@](C)(C[N+](=O)[O-])C2)cc1. The second-order valence-electron chi connectivity index (χ2n) is 7.44. The molecule has 0 saturated carbocycles. The van der Waals surface area contributed by atoms with E-state index < -0.39 is 15.4 Å². The number of halogens is 2. The minimum Gasteiger partial charge on any atom is -0.265 e. The van der Waals surface area contributed by atoms with E-state index in [1.807, 2.05) is 19.1 Å². The van der Waals surface area contributed by atoms with Gasteiger partial charge in [0.2, 0.25) is 16.6 Å². The summed E-state index contributed by atoms with van der Waals surface area (Å²) in [5, 5.41) is 12.0. The van der Waals surface area contributed by atoms with Crippen LogP contribution in [-0.2, 0) is 10.0 Å². The summed E-state index contributed by atoms with van der Waals surface area (Å²) in [7, 11) is -3.77. The second-order valence-corrected chi connectivity index (χ2v) is 10.9. The second kappa shape index (κ2) is 8.33. The standard InChI is InChI=1S/C20H20ClIN2O4S/c1-14-3-9-17(10-4-14)29(27,28)23-11-18(20(2,12-23)13-24(25)26)19(22)15-5-7-16(21)8-6-15/h3-10H,11-13H2,1-2H3/b19-18+/t20-/m1/s1. The van der Waals surface area contributed by atoms with Crippen molar-refractivity contribution >= 4 is 47.8 Å². The fraction of sp³-hybridized carbons (Fsp3) is 0.300. The first kappa shape index (κ1) is 22.2. The van der Waals surface area contributed by atoms with Gasteiger partial charge in [-0.1, -0.05) is 41.4 Å². The topological polar surface area (TPSA) is 80.5 Å². The highest BCUT2D eigenvalue weighted by atomic mass is 127. The molecule has 0 spiro atoms. The van der Waals surface area contributed by atoms with E-state index >= 15 is 0 Å². The molecule has 0 unspecified atom stereocenters. The van der Waals surface area contributed by atoms with E-state index in [0.717, 1.165) is 20.3 Å². The Morgan fingerprint density at radius 2 is 1.79 bits per heavy atom. The van der Waals surface area contributed by atoms with Gasteiger partial charge >= 0.3 is 0 Å². The summed E-state index contributed by atoms with van der Waals surface area (Å²) in [5.74, 6) is 0. The molecule has 1 aliphatic heterocycles. The van der Waals surface area contributed by atoms with Crippen LogP contribution in [0.4, 0.5) is 0 Å². The number of nitro groups is 1. The lowest BCUT2D eigenvalue weighted by Crippen LogP contribution is -2.34. The number of nitrogens with zero attached hydrogens (tertiary/aromatic N) is 2. The quantitative estimate of drug-likeness (QED) is 0.307. The first-order chi connectivity index (χ1) is 13.5. The van der Waals surface area contributed by atoms with Crippen LogP contribution in [0.1, 0.15) is 18.1 Å². The molecule has 29 heavy (non-hydrogen) atoms. The molecular weight excluding hydrogens is 527 g/mol. The molecule has 9 heteroatoms. The molecule has 1 saturated heterocycles. The van der Waals surface area contributed by atoms with E-state index in [1.165, 1.54) is 4.31 Å². The van der Waals surface area contributed by atoms with Crippen molar-refractivity contribution in [2.45, 2.75) is 18.7 Å². The molecule has 154 valence electrons. The highest BCUT2D eigenvalue weighted by Gasteiger charge is 2.48. The number of rotatable bonds is 5. The van der Waals surface area contributed by atoms with Crippen LogP contribution in [0.25, 0.3) is 3.58 Å². The maximum absolute atomic E-state index is 13.2. The molecule has 1 fully saturated rings. The van der Waals surface area contributed by atoms with Crippen molar-refractivity contribution in [1.29, 1.82) is 0 Å². The summed E-state index contributed by atoms with van der Waals surface area (Å²) >= 11 is 8.11. The van der Waals surface area contributed by atoms with Gasteiger partial charge in [0.15, 0.2) is 0 Å². The average molecular weight is 547 g/mol. The molecule has 0 bridgehead atoms. The fourth-order valence-electron chi connectivity index (χ4n) is 3.47. The first-order valence-corrected chi connectivity index (χ1v) is 11.8. The van der Waals surface area contributed by atoms with Crippen LogP contribution in [0, 0.1) is 22.5 Å². The van der Waals surface area contributed by atoms with Crippen molar-refractivity contribution in [2.24, 2.45) is 5.41 Å². The van der Waals surface area contributed by atoms with Crippen LogP contribution >= 0.6 is 34.2 Å². The zero-order chi connectivity index (χ0) is 21.4. The molecule has 0 radical (unpaired) electrons. The summed E-state index contributed by atoms with van der Waals surface area (Å²) in [6, 6.07) is 13.8. The Morgan fingerprint density at radius 1 is 1.21 bits per heavy atom. The Bertz CT molecular complexity index is 1070. The van der Waals surface area contributed by atoms with Crippen molar-refractivity contribution in [3.63, 3.8) is 0 Å². The molecule has 1 aliphatic rings. The highest BCUT2D eigenvalue weighted by Crippen LogP contribution is 2.44. The zero-order valence-corrected chi connectivity index (χ0v) is 19.7. The minimum absolute atomic E-state index is 0.0552. The first-order valence-electron chi connectivity index (χ1n) is 8.87. The fourth-order valence-corrected chi connectivity index (χ4v) is 6.31. The van der Waals surface area contributed by atoms with Gasteiger partial charge in [0.05, 0.1) is 10.3 Å². The van der Waals surface area contributed by atoms with Crippen molar-refractivity contribution in [3.8, 4) is 0 Å².